The molecule has 0 aromatic carbocycles. The summed E-state index contributed by atoms with van der Waals surface area (Å²) in [5.74, 6) is 0.514. The Morgan fingerprint density at radius 2 is 2.33 bits per heavy atom. The molecule has 5 heteroatoms. The zero-order valence-corrected chi connectivity index (χ0v) is 10.7. The highest BCUT2D eigenvalue weighted by molar-refractivity contribution is 5.61. The zero-order valence-electron chi connectivity index (χ0n) is 10.7. The van der Waals surface area contributed by atoms with E-state index in [9.17, 15) is 0 Å². The average Bonchev–Trinajstić information content (AvgIpc) is 2.85. The van der Waals surface area contributed by atoms with Crippen molar-refractivity contribution in [3.8, 4) is 11.3 Å². The molecule has 0 saturated heterocycles. The van der Waals surface area contributed by atoms with Crippen LogP contribution in [0.25, 0.3) is 11.3 Å². The molecule has 1 unspecified atom stereocenters. The molecule has 0 bridgehead atoms. The van der Waals surface area contributed by atoms with Gasteiger partial charge in [0.1, 0.15) is 5.82 Å². The van der Waals surface area contributed by atoms with Gasteiger partial charge in [0.15, 0.2) is 0 Å². The summed E-state index contributed by atoms with van der Waals surface area (Å²) in [5.41, 5.74) is 7.77. The Balaban J connectivity index is 2.38. The van der Waals surface area contributed by atoms with Crippen LogP contribution in [0.15, 0.2) is 30.9 Å². The molecule has 0 aliphatic rings. The molecular formula is C13H18N4O. The Morgan fingerprint density at radius 1 is 1.50 bits per heavy atom. The Morgan fingerprint density at radius 3 is 3.00 bits per heavy atom. The standard InChI is InChI=1S/C13H18N4O/c1-3-11(8-18-2)17-9-15-7-12(17)10-4-5-16-13(14)6-10/h4-7,9,11H,3,8H2,1-2H3,(H2,14,16). The van der Waals surface area contributed by atoms with Crippen LogP contribution in [0.3, 0.4) is 0 Å². The monoisotopic (exact) mass is 246 g/mol. The van der Waals surface area contributed by atoms with Gasteiger partial charge in [-0.1, -0.05) is 6.92 Å². The number of imidazole rings is 1. The van der Waals surface area contributed by atoms with Gasteiger partial charge in [0.2, 0.25) is 0 Å². The highest BCUT2D eigenvalue weighted by Gasteiger charge is 2.13. The number of hydrogen-bond acceptors (Lipinski definition) is 4. The first-order chi connectivity index (χ1) is 8.76. The van der Waals surface area contributed by atoms with Gasteiger partial charge in [0.05, 0.1) is 30.9 Å². The minimum atomic E-state index is 0.280. The lowest BCUT2D eigenvalue weighted by Gasteiger charge is -2.18. The first kappa shape index (κ1) is 12.6. The van der Waals surface area contributed by atoms with Crippen molar-refractivity contribution in [1.29, 1.82) is 0 Å². The molecule has 2 heterocycles. The summed E-state index contributed by atoms with van der Waals surface area (Å²) in [5, 5.41) is 0. The van der Waals surface area contributed by atoms with Crippen LogP contribution in [-0.4, -0.2) is 28.3 Å². The Labute approximate surface area is 107 Å². The van der Waals surface area contributed by atoms with Crippen LogP contribution in [0.2, 0.25) is 0 Å². The fourth-order valence-corrected chi connectivity index (χ4v) is 2.01. The summed E-state index contributed by atoms with van der Waals surface area (Å²) in [6.07, 6.45) is 6.36. The second-order valence-corrected chi connectivity index (χ2v) is 4.17. The number of nitrogens with two attached hydrogens (primary N) is 1. The molecule has 2 N–H and O–H groups in total. The smallest absolute Gasteiger partial charge is 0.123 e. The van der Waals surface area contributed by atoms with Gasteiger partial charge in [-0.2, -0.15) is 0 Å². The highest BCUT2D eigenvalue weighted by Crippen LogP contribution is 2.24. The molecule has 2 rings (SSSR count). The lowest BCUT2D eigenvalue weighted by molar-refractivity contribution is 0.153. The van der Waals surface area contributed by atoms with Crippen LogP contribution in [0.1, 0.15) is 19.4 Å². The van der Waals surface area contributed by atoms with Gasteiger partial charge in [-0.15, -0.1) is 0 Å². The molecular weight excluding hydrogens is 228 g/mol. The van der Waals surface area contributed by atoms with Crippen LogP contribution in [0, 0.1) is 0 Å². The number of methoxy groups -OCH3 is 1. The van der Waals surface area contributed by atoms with E-state index in [0.29, 0.717) is 12.4 Å². The number of nitrogens with zero attached hydrogens (tertiary/aromatic N) is 3. The van der Waals surface area contributed by atoms with Gasteiger partial charge in [-0.05, 0) is 18.6 Å². The summed E-state index contributed by atoms with van der Waals surface area (Å²) in [6.45, 7) is 2.80. The molecule has 2 aromatic rings. The summed E-state index contributed by atoms with van der Waals surface area (Å²) in [6, 6.07) is 4.07. The van der Waals surface area contributed by atoms with E-state index in [1.807, 2.05) is 24.7 Å². The van der Waals surface area contributed by atoms with Crippen LogP contribution in [0.4, 0.5) is 5.82 Å². The van der Waals surface area contributed by atoms with E-state index in [0.717, 1.165) is 17.7 Å². The summed E-state index contributed by atoms with van der Waals surface area (Å²) < 4.78 is 7.37. The van der Waals surface area contributed by atoms with Gasteiger partial charge in [0.25, 0.3) is 0 Å². The first-order valence-electron chi connectivity index (χ1n) is 5.99. The van der Waals surface area contributed by atoms with Crippen molar-refractivity contribution in [2.45, 2.75) is 19.4 Å². The number of ether oxygens (including phenoxy) is 1. The van der Waals surface area contributed by atoms with E-state index in [1.54, 1.807) is 13.3 Å². The summed E-state index contributed by atoms with van der Waals surface area (Å²) in [7, 11) is 1.71. The van der Waals surface area contributed by atoms with Gasteiger partial charge in [-0.3, -0.25) is 0 Å². The maximum Gasteiger partial charge on any atom is 0.123 e. The second kappa shape index (κ2) is 5.64. The van der Waals surface area contributed by atoms with Gasteiger partial charge < -0.3 is 15.0 Å². The third-order valence-corrected chi connectivity index (χ3v) is 2.97. The van der Waals surface area contributed by atoms with Crippen molar-refractivity contribution in [2.24, 2.45) is 0 Å². The van der Waals surface area contributed by atoms with E-state index in [-0.39, 0.29) is 6.04 Å². The van der Waals surface area contributed by atoms with Crippen molar-refractivity contribution in [3.05, 3.63) is 30.9 Å². The third-order valence-electron chi connectivity index (χ3n) is 2.97. The second-order valence-electron chi connectivity index (χ2n) is 4.17. The van der Waals surface area contributed by atoms with Crippen molar-refractivity contribution in [3.63, 3.8) is 0 Å². The van der Waals surface area contributed by atoms with E-state index in [4.69, 9.17) is 10.5 Å². The van der Waals surface area contributed by atoms with Crippen molar-refractivity contribution < 1.29 is 4.74 Å². The third kappa shape index (κ3) is 2.51. The van der Waals surface area contributed by atoms with Gasteiger partial charge >= 0.3 is 0 Å². The van der Waals surface area contributed by atoms with Crippen LogP contribution in [-0.2, 0) is 4.74 Å². The zero-order chi connectivity index (χ0) is 13.0. The lowest BCUT2D eigenvalue weighted by Crippen LogP contribution is -2.14. The lowest BCUT2D eigenvalue weighted by atomic mass is 10.1. The van der Waals surface area contributed by atoms with E-state index in [1.165, 1.54) is 0 Å². The molecule has 96 valence electrons. The van der Waals surface area contributed by atoms with Gasteiger partial charge in [0, 0.05) is 18.9 Å². The molecule has 0 amide bonds. The Bertz CT molecular complexity index is 509. The minimum Gasteiger partial charge on any atom is -0.384 e. The molecule has 0 aliphatic carbocycles. The maximum atomic E-state index is 5.72. The number of anilines is 1. The Kier molecular flexibility index (Phi) is 3.94. The molecule has 0 fully saturated rings. The predicted molar refractivity (Wildman–Crippen MR) is 71.1 cm³/mol. The van der Waals surface area contributed by atoms with Crippen molar-refractivity contribution in [2.75, 3.05) is 19.5 Å². The molecule has 18 heavy (non-hydrogen) atoms. The van der Waals surface area contributed by atoms with Crippen LogP contribution in [0.5, 0.6) is 0 Å². The molecule has 0 spiro atoms. The van der Waals surface area contributed by atoms with E-state index >= 15 is 0 Å². The molecule has 2 aromatic heterocycles. The fraction of sp³-hybridized carbons (Fsp3) is 0.385. The topological polar surface area (TPSA) is 66.0 Å². The predicted octanol–water partition coefficient (Wildman–Crippen LogP) is 2.12. The quantitative estimate of drug-likeness (QED) is 0.877. The summed E-state index contributed by atoms with van der Waals surface area (Å²) >= 11 is 0. The molecule has 0 aliphatic heterocycles. The summed E-state index contributed by atoms with van der Waals surface area (Å²) in [4.78, 5) is 8.23. The number of nitrogen functional groups attached to an aromatic ring is 1. The van der Waals surface area contributed by atoms with Crippen molar-refractivity contribution >= 4 is 5.82 Å². The van der Waals surface area contributed by atoms with E-state index < -0.39 is 0 Å². The maximum absolute atomic E-state index is 5.72. The SMILES string of the molecule is CCC(COC)n1cncc1-c1ccnc(N)c1. The largest absolute Gasteiger partial charge is 0.384 e. The van der Waals surface area contributed by atoms with Crippen molar-refractivity contribution in [1.82, 2.24) is 14.5 Å². The minimum absolute atomic E-state index is 0.280. The van der Waals surface area contributed by atoms with Crippen LogP contribution >= 0.6 is 0 Å². The number of aromatic nitrogens is 3. The highest BCUT2D eigenvalue weighted by atomic mass is 16.5. The van der Waals surface area contributed by atoms with Crippen LogP contribution < -0.4 is 5.73 Å². The fourth-order valence-electron chi connectivity index (χ4n) is 2.01. The molecule has 0 radical (unpaired) electrons. The molecule has 1 atom stereocenters. The van der Waals surface area contributed by atoms with E-state index in [2.05, 4.69) is 21.5 Å². The van der Waals surface area contributed by atoms with Gasteiger partial charge in [-0.25, -0.2) is 9.97 Å². The first-order valence-corrected chi connectivity index (χ1v) is 5.99. The normalized spacial score (nSPS) is 12.6. The Hall–Kier alpha value is -1.88. The molecule has 0 saturated carbocycles. The molecule has 5 nitrogen and oxygen atoms in total. The number of pyridine rings is 1. The average molecular weight is 246 g/mol. The number of rotatable bonds is 5. The number of hydrogen-bond donors (Lipinski definition) is 1.